The molecule has 3 heteroatoms. The van der Waals surface area contributed by atoms with Crippen molar-refractivity contribution in [1.82, 2.24) is 15.0 Å². The molecule has 0 fully saturated rings. The summed E-state index contributed by atoms with van der Waals surface area (Å²) in [6, 6.07) is 25.2. The average molecular weight is 454 g/mol. The summed E-state index contributed by atoms with van der Waals surface area (Å²) in [5, 5.41) is 0. The van der Waals surface area contributed by atoms with Crippen molar-refractivity contribution in [1.29, 1.82) is 0 Å². The molecule has 0 bridgehead atoms. The molecule has 0 aliphatic carbocycles. The minimum absolute atomic E-state index is 0.916. The van der Waals surface area contributed by atoms with E-state index in [9.17, 15) is 0 Å². The third-order valence-corrected chi connectivity index (χ3v) is 6.15. The Labute approximate surface area is 206 Å². The molecule has 0 radical (unpaired) electrons. The van der Waals surface area contributed by atoms with Gasteiger partial charge in [-0.15, -0.1) is 0 Å². The van der Waals surface area contributed by atoms with E-state index < -0.39 is 0 Å². The number of hydrogen-bond acceptors (Lipinski definition) is 3. The highest BCUT2D eigenvalue weighted by Gasteiger charge is 2.12. The Hall–Kier alpha value is -4.37. The molecule has 3 aromatic heterocycles. The first-order valence-electron chi connectivity index (χ1n) is 11.8. The zero-order valence-corrected chi connectivity index (χ0v) is 20.2. The monoisotopic (exact) mass is 453 g/mol. The van der Waals surface area contributed by atoms with Crippen molar-refractivity contribution in [2.45, 2.75) is 20.8 Å². The van der Waals surface area contributed by atoms with E-state index >= 15 is 0 Å². The van der Waals surface area contributed by atoms with E-state index in [1.54, 1.807) is 6.20 Å². The van der Waals surface area contributed by atoms with Crippen LogP contribution in [0.4, 0.5) is 0 Å². The van der Waals surface area contributed by atoms with Crippen LogP contribution in [-0.4, -0.2) is 15.0 Å². The quantitative estimate of drug-likeness (QED) is 0.271. The Balaban J connectivity index is 1.61. The molecule has 3 nitrogen and oxygen atoms in total. The van der Waals surface area contributed by atoms with Gasteiger partial charge in [-0.2, -0.15) is 0 Å². The predicted molar refractivity (Wildman–Crippen MR) is 146 cm³/mol. The molecular weight excluding hydrogens is 426 g/mol. The number of pyridine rings is 3. The van der Waals surface area contributed by atoms with Crippen molar-refractivity contribution in [2.24, 2.45) is 0 Å². The SMILES string of the molecule is Cc1ccc(-c2cnc(-c3cnc(-c4cccnc4)c(C)c3)c(/C=C/c3ccccc3)c2)c(C)c1. The van der Waals surface area contributed by atoms with E-state index in [1.165, 1.54) is 16.7 Å². The summed E-state index contributed by atoms with van der Waals surface area (Å²) in [6.45, 7) is 6.36. The standard InChI is InChI=1S/C32H27N3/c1-22-11-14-30(23(2)16-22)28-18-26(13-12-25-8-5-4-6-9-25)32(35-20-28)29-17-24(3)31(34-21-29)27-10-7-15-33-19-27/h4-21H,1-3H3/b13-12+. The molecule has 0 spiro atoms. The smallest absolute Gasteiger partial charge is 0.0790 e. The second-order valence-electron chi connectivity index (χ2n) is 8.86. The molecular formula is C32H27N3. The van der Waals surface area contributed by atoms with Crippen molar-refractivity contribution in [3.05, 3.63) is 125 Å². The third kappa shape index (κ3) is 4.95. The zero-order chi connectivity index (χ0) is 24.2. The lowest BCUT2D eigenvalue weighted by atomic mass is 9.96. The fraction of sp³-hybridized carbons (Fsp3) is 0.0938. The molecule has 3 heterocycles. The van der Waals surface area contributed by atoms with Crippen LogP contribution < -0.4 is 0 Å². The minimum Gasteiger partial charge on any atom is -0.264 e. The van der Waals surface area contributed by atoms with Crippen molar-refractivity contribution in [3.63, 3.8) is 0 Å². The van der Waals surface area contributed by atoms with E-state index in [0.29, 0.717) is 0 Å². The predicted octanol–water partition coefficient (Wildman–Crippen LogP) is 7.97. The second kappa shape index (κ2) is 9.86. The summed E-state index contributed by atoms with van der Waals surface area (Å²) in [5.41, 5.74) is 12.0. The van der Waals surface area contributed by atoms with Crippen LogP contribution in [0.2, 0.25) is 0 Å². The van der Waals surface area contributed by atoms with Crippen LogP contribution >= 0.6 is 0 Å². The van der Waals surface area contributed by atoms with Gasteiger partial charge in [0.1, 0.15) is 0 Å². The number of aromatic nitrogens is 3. The average Bonchev–Trinajstić information content (AvgIpc) is 2.88. The highest BCUT2D eigenvalue weighted by atomic mass is 14.7. The van der Waals surface area contributed by atoms with Gasteiger partial charge in [-0.3, -0.25) is 15.0 Å². The van der Waals surface area contributed by atoms with E-state index in [-0.39, 0.29) is 0 Å². The molecule has 0 atom stereocenters. The Morgan fingerprint density at radius 2 is 1.40 bits per heavy atom. The third-order valence-electron chi connectivity index (χ3n) is 6.15. The van der Waals surface area contributed by atoms with Gasteiger partial charge in [0.05, 0.1) is 11.4 Å². The summed E-state index contributed by atoms with van der Waals surface area (Å²) in [5.74, 6) is 0. The fourth-order valence-corrected chi connectivity index (χ4v) is 4.39. The van der Waals surface area contributed by atoms with Gasteiger partial charge in [-0.05, 0) is 67.3 Å². The summed E-state index contributed by atoms with van der Waals surface area (Å²) >= 11 is 0. The van der Waals surface area contributed by atoms with Gasteiger partial charge in [-0.1, -0.05) is 66.2 Å². The van der Waals surface area contributed by atoms with Crippen LogP contribution in [0, 0.1) is 20.8 Å². The number of aryl methyl sites for hydroxylation is 3. The Morgan fingerprint density at radius 3 is 2.14 bits per heavy atom. The van der Waals surface area contributed by atoms with Crippen LogP contribution in [0.15, 0.2) is 97.6 Å². The summed E-state index contributed by atoms with van der Waals surface area (Å²) in [7, 11) is 0. The van der Waals surface area contributed by atoms with Gasteiger partial charge in [0.2, 0.25) is 0 Å². The maximum atomic E-state index is 4.94. The first kappa shape index (κ1) is 22.4. The lowest BCUT2D eigenvalue weighted by molar-refractivity contribution is 1.22. The number of hydrogen-bond donors (Lipinski definition) is 0. The van der Waals surface area contributed by atoms with Crippen LogP contribution in [0.25, 0.3) is 45.8 Å². The fourth-order valence-electron chi connectivity index (χ4n) is 4.39. The van der Waals surface area contributed by atoms with Crippen LogP contribution in [0.1, 0.15) is 27.8 Å². The van der Waals surface area contributed by atoms with Gasteiger partial charge in [0.25, 0.3) is 0 Å². The molecule has 5 aromatic rings. The van der Waals surface area contributed by atoms with Crippen molar-refractivity contribution < 1.29 is 0 Å². The van der Waals surface area contributed by atoms with Crippen LogP contribution in [0.3, 0.4) is 0 Å². The minimum atomic E-state index is 0.916. The molecule has 170 valence electrons. The van der Waals surface area contributed by atoms with Crippen molar-refractivity contribution in [3.8, 4) is 33.6 Å². The second-order valence-corrected chi connectivity index (χ2v) is 8.86. The van der Waals surface area contributed by atoms with Gasteiger partial charge < -0.3 is 0 Å². The van der Waals surface area contributed by atoms with E-state index in [2.05, 4.69) is 92.5 Å². The molecule has 0 saturated heterocycles. The van der Waals surface area contributed by atoms with Crippen molar-refractivity contribution >= 4 is 12.2 Å². The molecule has 0 aliphatic heterocycles. The van der Waals surface area contributed by atoms with E-state index in [1.807, 2.05) is 36.8 Å². The number of rotatable bonds is 5. The maximum Gasteiger partial charge on any atom is 0.0790 e. The van der Waals surface area contributed by atoms with E-state index in [0.717, 1.165) is 44.8 Å². The van der Waals surface area contributed by atoms with Gasteiger partial charge in [0.15, 0.2) is 0 Å². The molecule has 0 amide bonds. The van der Waals surface area contributed by atoms with Crippen LogP contribution in [-0.2, 0) is 0 Å². The zero-order valence-electron chi connectivity index (χ0n) is 20.2. The normalized spacial score (nSPS) is 11.2. The van der Waals surface area contributed by atoms with E-state index in [4.69, 9.17) is 9.97 Å². The van der Waals surface area contributed by atoms with Crippen LogP contribution in [0.5, 0.6) is 0 Å². The summed E-state index contributed by atoms with van der Waals surface area (Å²) < 4.78 is 0. The molecule has 0 N–H and O–H groups in total. The number of nitrogens with zero attached hydrogens (tertiary/aromatic N) is 3. The Morgan fingerprint density at radius 1 is 0.600 bits per heavy atom. The lowest BCUT2D eigenvalue weighted by Gasteiger charge is -2.13. The highest BCUT2D eigenvalue weighted by molar-refractivity contribution is 5.82. The molecule has 0 saturated carbocycles. The Kier molecular flexibility index (Phi) is 6.32. The van der Waals surface area contributed by atoms with Crippen molar-refractivity contribution in [2.75, 3.05) is 0 Å². The first-order chi connectivity index (χ1) is 17.1. The summed E-state index contributed by atoms with van der Waals surface area (Å²) in [6.07, 6.45) is 11.8. The van der Waals surface area contributed by atoms with Gasteiger partial charge >= 0.3 is 0 Å². The first-order valence-corrected chi connectivity index (χ1v) is 11.8. The molecule has 0 unspecified atom stereocenters. The largest absolute Gasteiger partial charge is 0.264 e. The summed E-state index contributed by atoms with van der Waals surface area (Å²) in [4.78, 5) is 14.0. The molecule has 35 heavy (non-hydrogen) atoms. The topological polar surface area (TPSA) is 38.7 Å². The van der Waals surface area contributed by atoms with Gasteiger partial charge in [-0.25, -0.2) is 0 Å². The highest BCUT2D eigenvalue weighted by Crippen LogP contribution is 2.32. The van der Waals surface area contributed by atoms with Gasteiger partial charge in [0, 0.05) is 47.0 Å². The molecule has 5 rings (SSSR count). The molecule has 0 aliphatic rings. The maximum absolute atomic E-state index is 4.94. The number of benzene rings is 2. The molecule has 2 aromatic carbocycles. The Bertz CT molecular complexity index is 1500. The lowest BCUT2D eigenvalue weighted by Crippen LogP contribution is -1.95.